The van der Waals surface area contributed by atoms with E-state index in [0.29, 0.717) is 4.91 Å². The highest BCUT2D eigenvalue weighted by molar-refractivity contribution is 8.18. The fourth-order valence-corrected chi connectivity index (χ4v) is 3.03. The average molecular weight is 361 g/mol. The van der Waals surface area contributed by atoms with E-state index in [0.717, 1.165) is 17.3 Å². The highest BCUT2D eigenvalue weighted by atomic mass is 32.2. The second kappa shape index (κ2) is 8.82. The molecular formula is C18H23N3O3S. The van der Waals surface area contributed by atoms with E-state index in [1.807, 2.05) is 56.1 Å². The normalized spacial score (nSPS) is 16.4. The first-order chi connectivity index (χ1) is 11.9. The van der Waals surface area contributed by atoms with Crippen molar-refractivity contribution in [2.75, 3.05) is 26.7 Å². The lowest BCUT2D eigenvalue weighted by Crippen LogP contribution is -2.42. The van der Waals surface area contributed by atoms with Gasteiger partial charge in [-0.1, -0.05) is 30.3 Å². The summed E-state index contributed by atoms with van der Waals surface area (Å²) in [6.45, 7) is 4.72. The molecule has 134 valence electrons. The molecular weight excluding hydrogens is 338 g/mol. The molecule has 0 spiro atoms. The first kappa shape index (κ1) is 19.2. The minimum absolute atomic E-state index is 0.122. The lowest BCUT2D eigenvalue weighted by atomic mass is 10.2. The number of rotatable bonds is 7. The van der Waals surface area contributed by atoms with Gasteiger partial charge < -0.3 is 5.32 Å². The lowest BCUT2D eigenvalue weighted by molar-refractivity contribution is -0.124. The van der Waals surface area contributed by atoms with Crippen molar-refractivity contribution in [2.45, 2.75) is 19.9 Å². The number of hydrogen-bond acceptors (Lipinski definition) is 5. The van der Waals surface area contributed by atoms with Crippen LogP contribution in [0, 0.1) is 0 Å². The topological polar surface area (TPSA) is 69.7 Å². The van der Waals surface area contributed by atoms with E-state index in [4.69, 9.17) is 0 Å². The van der Waals surface area contributed by atoms with Gasteiger partial charge in [-0.05, 0) is 44.3 Å². The molecule has 1 fully saturated rings. The molecule has 1 aromatic rings. The van der Waals surface area contributed by atoms with Gasteiger partial charge in [0.15, 0.2) is 0 Å². The van der Waals surface area contributed by atoms with E-state index in [-0.39, 0.29) is 42.7 Å². The number of hydrogen-bond donors (Lipinski definition) is 1. The highest BCUT2D eigenvalue weighted by Gasteiger charge is 2.34. The summed E-state index contributed by atoms with van der Waals surface area (Å²) in [7, 11) is 1.87. The summed E-state index contributed by atoms with van der Waals surface area (Å²) >= 11 is 0.928. The van der Waals surface area contributed by atoms with E-state index < -0.39 is 0 Å². The minimum atomic E-state index is -0.313. The van der Waals surface area contributed by atoms with Crippen molar-refractivity contribution in [2.24, 2.45) is 0 Å². The van der Waals surface area contributed by atoms with E-state index in [1.54, 1.807) is 6.08 Å². The van der Waals surface area contributed by atoms with Gasteiger partial charge >= 0.3 is 0 Å². The second-order valence-electron chi connectivity index (χ2n) is 6.10. The van der Waals surface area contributed by atoms with Crippen LogP contribution < -0.4 is 5.32 Å². The Kier molecular flexibility index (Phi) is 6.78. The molecule has 6 nitrogen and oxygen atoms in total. The van der Waals surface area contributed by atoms with Crippen LogP contribution in [0.4, 0.5) is 4.79 Å². The molecule has 1 aromatic carbocycles. The highest BCUT2D eigenvalue weighted by Crippen LogP contribution is 2.31. The fourth-order valence-electron chi connectivity index (χ4n) is 2.17. The van der Waals surface area contributed by atoms with Crippen molar-refractivity contribution in [1.82, 2.24) is 15.1 Å². The molecule has 0 aromatic heterocycles. The molecule has 0 radical (unpaired) electrons. The first-order valence-corrected chi connectivity index (χ1v) is 8.97. The Morgan fingerprint density at radius 2 is 1.96 bits per heavy atom. The Morgan fingerprint density at radius 3 is 2.60 bits per heavy atom. The van der Waals surface area contributed by atoms with Crippen LogP contribution in [0.2, 0.25) is 0 Å². The quantitative estimate of drug-likeness (QED) is 0.754. The van der Waals surface area contributed by atoms with Crippen molar-refractivity contribution in [3.63, 3.8) is 0 Å². The summed E-state index contributed by atoms with van der Waals surface area (Å²) in [6.07, 6.45) is 1.71. The van der Waals surface area contributed by atoms with Gasteiger partial charge in [0.05, 0.1) is 11.4 Å². The predicted octanol–water partition coefficient (Wildman–Crippen LogP) is 2.18. The Morgan fingerprint density at radius 1 is 1.28 bits per heavy atom. The van der Waals surface area contributed by atoms with Crippen LogP contribution in [-0.4, -0.2) is 59.6 Å². The zero-order valence-corrected chi connectivity index (χ0v) is 15.5. The van der Waals surface area contributed by atoms with Crippen molar-refractivity contribution >= 4 is 34.9 Å². The van der Waals surface area contributed by atoms with E-state index >= 15 is 0 Å². The third-order valence-corrected chi connectivity index (χ3v) is 4.81. The molecule has 2 rings (SSSR count). The van der Waals surface area contributed by atoms with Crippen LogP contribution in [0.25, 0.3) is 6.08 Å². The van der Waals surface area contributed by atoms with E-state index in [9.17, 15) is 14.4 Å². The number of likely N-dealkylation sites (N-methyl/N-ethyl adjacent to an activating group) is 1. The Hall–Kier alpha value is -2.12. The number of benzene rings is 1. The van der Waals surface area contributed by atoms with Crippen molar-refractivity contribution in [3.05, 3.63) is 40.8 Å². The monoisotopic (exact) mass is 361 g/mol. The molecule has 0 bridgehead atoms. The molecule has 1 aliphatic rings. The van der Waals surface area contributed by atoms with Crippen LogP contribution in [0.15, 0.2) is 35.2 Å². The van der Waals surface area contributed by atoms with Crippen molar-refractivity contribution in [3.8, 4) is 0 Å². The number of imide groups is 1. The van der Waals surface area contributed by atoms with Crippen molar-refractivity contribution < 1.29 is 14.4 Å². The average Bonchev–Trinajstić information content (AvgIpc) is 2.83. The summed E-state index contributed by atoms with van der Waals surface area (Å²) < 4.78 is 0. The summed E-state index contributed by atoms with van der Waals surface area (Å²) in [5.41, 5.74) is 0.873. The minimum Gasteiger partial charge on any atom is -0.353 e. The smallest absolute Gasteiger partial charge is 0.293 e. The maximum absolute atomic E-state index is 12.4. The first-order valence-electron chi connectivity index (χ1n) is 8.16. The van der Waals surface area contributed by atoms with Gasteiger partial charge in [0.25, 0.3) is 11.1 Å². The summed E-state index contributed by atoms with van der Waals surface area (Å²) in [4.78, 5) is 39.7. The zero-order valence-electron chi connectivity index (χ0n) is 14.7. The zero-order chi connectivity index (χ0) is 18.4. The van der Waals surface area contributed by atoms with E-state index in [2.05, 4.69) is 5.32 Å². The molecule has 25 heavy (non-hydrogen) atoms. The maximum Gasteiger partial charge on any atom is 0.293 e. The SMILES string of the molecule is CC(C)N(C)CC(=O)NCCN1C(=O)S/C(=C/c2ccccc2)C1=O. The molecule has 0 unspecified atom stereocenters. The van der Waals surface area contributed by atoms with Gasteiger partial charge in [-0.2, -0.15) is 0 Å². The molecule has 1 heterocycles. The van der Waals surface area contributed by atoms with Gasteiger partial charge in [0.1, 0.15) is 0 Å². The summed E-state index contributed by atoms with van der Waals surface area (Å²) in [6, 6.07) is 9.66. The third-order valence-electron chi connectivity index (χ3n) is 3.90. The number of amides is 3. The Labute approximate surface area is 152 Å². The summed E-state index contributed by atoms with van der Waals surface area (Å²) in [5, 5.41) is 2.44. The van der Waals surface area contributed by atoms with Crippen molar-refractivity contribution in [1.29, 1.82) is 0 Å². The van der Waals surface area contributed by atoms with Gasteiger partial charge in [0, 0.05) is 19.1 Å². The lowest BCUT2D eigenvalue weighted by Gasteiger charge is -2.20. The molecule has 0 aliphatic carbocycles. The van der Waals surface area contributed by atoms with Gasteiger partial charge in [-0.25, -0.2) is 0 Å². The second-order valence-corrected chi connectivity index (χ2v) is 7.10. The van der Waals surface area contributed by atoms with Crippen LogP contribution in [0.5, 0.6) is 0 Å². The summed E-state index contributed by atoms with van der Waals surface area (Å²) in [5.74, 6) is -0.435. The number of nitrogens with one attached hydrogen (secondary N) is 1. The van der Waals surface area contributed by atoms with E-state index in [1.165, 1.54) is 4.90 Å². The largest absolute Gasteiger partial charge is 0.353 e. The Bertz CT molecular complexity index is 673. The predicted molar refractivity (Wildman–Crippen MR) is 99.9 cm³/mol. The molecule has 0 atom stereocenters. The third kappa shape index (κ3) is 5.44. The fraction of sp³-hybridized carbons (Fsp3) is 0.389. The van der Waals surface area contributed by atoms with Crippen LogP contribution >= 0.6 is 11.8 Å². The molecule has 1 N–H and O–H groups in total. The van der Waals surface area contributed by atoms with Crippen LogP contribution in [0.3, 0.4) is 0 Å². The number of thioether (sulfide) groups is 1. The number of carbonyl (C=O) groups excluding carboxylic acids is 3. The number of carbonyl (C=O) groups is 3. The molecule has 3 amide bonds. The van der Waals surface area contributed by atoms with Gasteiger partial charge in [-0.3, -0.25) is 24.2 Å². The maximum atomic E-state index is 12.4. The van der Waals surface area contributed by atoms with Gasteiger partial charge in [0.2, 0.25) is 5.91 Å². The molecule has 0 saturated carbocycles. The molecule has 1 aliphatic heterocycles. The molecule has 1 saturated heterocycles. The van der Waals surface area contributed by atoms with Crippen LogP contribution in [-0.2, 0) is 9.59 Å². The Balaban J connectivity index is 1.87. The number of nitrogens with zero attached hydrogens (tertiary/aromatic N) is 2. The molecule has 7 heteroatoms. The van der Waals surface area contributed by atoms with Crippen LogP contribution in [0.1, 0.15) is 19.4 Å². The van der Waals surface area contributed by atoms with Gasteiger partial charge in [-0.15, -0.1) is 0 Å². The standard InChI is InChI=1S/C18H23N3O3S/c1-13(2)20(3)12-16(22)19-9-10-21-17(23)15(25-18(21)24)11-14-7-5-4-6-8-14/h4-8,11,13H,9-10,12H2,1-3H3,(H,19,22)/b15-11+.